The van der Waals surface area contributed by atoms with Crippen LogP contribution in [0.15, 0.2) is 60.7 Å². The number of pyridine rings is 1. The molecule has 0 saturated carbocycles. The van der Waals surface area contributed by atoms with Gasteiger partial charge in [0.1, 0.15) is 0 Å². The first-order valence-corrected chi connectivity index (χ1v) is 6.30. The fraction of sp³-hybridized carbons (Fsp3) is 0.0625. The number of aryl methyl sites for hydroxylation is 1. The summed E-state index contributed by atoms with van der Waals surface area (Å²) in [6.45, 7) is 2.09. The molecule has 3 aromatic rings. The Morgan fingerprint density at radius 1 is 0.895 bits per heavy atom. The average Bonchev–Trinajstić information content (AvgIpc) is 2.40. The second-order valence-electron chi connectivity index (χ2n) is 4.34. The smallest absolute Gasteiger partial charge is 0.281 e. The Morgan fingerprint density at radius 2 is 1.53 bits per heavy atom. The normalized spacial score (nSPS) is 10.2. The van der Waals surface area contributed by atoms with Crippen molar-refractivity contribution < 1.29 is 17.0 Å². The van der Waals surface area contributed by atoms with E-state index in [0.717, 1.165) is 16.4 Å². The van der Waals surface area contributed by atoms with Gasteiger partial charge >= 0.3 is 0 Å². The Morgan fingerprint density at radius 3 is 2.26 bits per heavy atom. The molecule has 96 valence electrons. The lowest BCUT2D eigenvalue weighted by atomic mass is 10.1. The van der Waals surface area contributed by atoms with Gasteiger partial charge in [-0.25, -0.2) is 0 Å². The van der Waals surface area contributed by atoms with Crippen molar-refractivity contribution in [2.24, 2.45) is 0 Å². The van der Waals surface area contributed by atoms with Crippen LogP contribution in [0.4, 0.5) is 0 Å². The van der Waals surface area contributed by atoms with E-state index in [4.69, 9.17) is 11.6 Å². The molecule has 0 fully saturated rings. The van der Waals surface area contributed by atoms with E-state index in [-0.39, 0.29) is 12.4 Å². The lowest BCUT2D eigenvalue weighted by Gasteiger charge is -2.05. The number of benzene rings is 2. The highest BCUT2D eigenvalue weighted by Crippen LogP contribution is 2.20. The fourth-order valence-electron chi connectivity index (χ4n) is 2.28. The highest BCUT2D eigenvalue weighted by atomic mass is 35.5. The van der Waals surface area contributed by atoms with Crippen LogP contribution in [0.25, 0.3) is 16.6 Å². The predicted molar refractivity (Wildman–Crippen MR) is 75.2 cm³/mol. The highest BCUT2D eigenvalue weighted by Gasteiger charge is 2.18. The van der Waals surface area contributed by atoms with Gasteiger partial charge in [-0.15, -0.1) is 4.57 Å². The molecule has 0 spiro atoms. The summed E-state index contributed by atoms with van der Waals surface area (Å²) in [7, 11) is 0. The molecule has 0 aliphatic carbocycles. The van der Waals surface area contributed by atoms with E-state index in [0.29, 0.717) is 0 Å². The van der Waals surface area contributed by atoms with Gasteiger partial charge in [0.15, 0.2) is 0 Å². The first-order chi connectivity index (χ1) is 8.77. The molecule has 3 heteroatoms. The summed E-state index contributed by atoms with van der Waals surface area (Å²) in [5.41, 5.74) is 3.41. The van der Waals surface area contributed by atoms with E-state index in [1.54, 1.807) is 0 Å². The molecule has 0 amide bonds. The Labute approximate surface area is 123 Å². The molecular formula is C16H13Cl2N. The average molecular weight is 290 g/mol. The molecule has 2 aromatic carbocycles. The Bertz CT molecular complexity index is 709. The number of fused-ring (bicyclic) bond motifs is 1. The van der Waals surface area contributed by atoms with Gasteiger partial charge in [-0.05, 0) is 30.2 Å². The minimum atomic E-state index is 0. The molecule has 0 atom stereocenters. The molecule has 0 aliphatic heterocycles. The van der Waals surface area contributed by atoms with Crippen LogP contribution in [-0.4, -0.2) is 0 Å². The number of hydrogen-bond donors (Lipinski definition) is 0. The van der Waals surface area contributed by atoms with E-state index < -0.39 is 0 Å². The fourth-order valence-corrected chi connectivity index (χ4v) is 2.63. The van der Waals surface area contributed by atoms with Crippen molar-refractivity contribution in [3.8, 4) is 5.69 Å². The second-order valence-corrected chi connectivity index (χ2v) is 4.73. The highest BCUT2D eigenvalue weighted by molar-refractivity contribution is 6.28. The zero-order chi connectivity index (χ0) is 12.5. The zero-order valence-electron chi connectivity index (χ0n) is 10.5. The van der Waals surface area contributed by atoms with Crippen LogP contribution >= 0.6 is 11.6 Å². The number of para-hydroxylation sites is 2. The van der Waals surface area contributed by atoms with E-state index >= 15 is 0 Å². The molecule has 0 radical (unpaired) electrons. The molecular weight excluding hydrogens is 277 g/mol. The largest absolute Gasteiger partial charge is 1.00 e. The Hall–Kier alpha value is -1.57. The van der Waals surface area contributed by atoms with Gasteiger partial charge in [-0.2, -0.15) is 0 Å². The van der Waals surface area contributed by atoms with E-state index in [1.807, 2.05) is 30.3 Å². The Balaban J connectivity index is 0.00000133. The molecule has 0 saturated heterocycles. The summed E-state index contributed by atoms with van der Waals surface area (Å²) in [6, 6.07) is 20.5. The third kappa shape index (κ3) is 2.44. The number of halogens is 2. The van der Waals surface area contributed by atoms with Gasteiger partial charge in [0.25, 0.3) is 5.15 Å². The summed E-state index contributed by atoms with van der Waals surface area (Å²) in [5, 5.41) is 1.96. The maximum atomic E-state index is 6.41. The van der Waals surface area contributed by atoms with Crippen LogP contribution in [0, 0.1) is 6.92 Å². The SMILES string of the molecule is Cc1cc(Cl)[n+](-c2ccccc2)c2ccccc12.[Cl-]. The van der Waals surface area contributed by atoms with Crippen molar-refractivity contribution in [2.45, 2.75) is 6.92 Å². The van der Waals surface area contributed by atoms with Crippen LogP contribution in [0.3, 0.4) is 0 Å². The van der Waals surface area contributed by atoms with Crippen molar-refractivity contribution in [1.29, 1.82) is 0 Å². The zero-order valence-corrected chi connectivity index (χ0v) is 12.0. The van der Waals surface area contributed by atoms with Gasteiger partial charge in [-0.3, -0.25) is 0 Å². The number of aromatic nitrogens is 1. The van der Waals surface area contributed by atoms with E-state index in [1.165, 1.54) is 10.9 Å². The van der Waals surface area contributed by atoms with Crippen molar-refractivity contribution in [1.82, 2.24) is 0 Å². The maximum Gasteiger partial charge on any atom is 0.281 e. The maximum absolute atomic E-state index is 6.41. The molecule has 19 heavy (non-hydrogen) atoms. The molecule has 1 nitrogen and oxygen atoms in total. The molecule has 0 N–H and O–H groups in total. The van der Waals surface area contributed by atoms with E-state index in [9.17, 15) is 0 Å². The van der Waals surface area contributed by atoms with Gasteiger partial charge < -0.3 is 12.4 Å². The topological polar surface area (TPSA) is 3.88 Å². The molecule has 1 heterocycles. The lowest BCUT2D eigenvalue weighted by Crippen LogP contribution is -3.00. The molecule has 0 unspecified atom stereocenters. The molecule has 3 rings (SSSR count). The Kier molecular flexibility index (Phi) is 4.08. The number of nitrogens with zero attached hydrogens (tertiary/aromatic N) is 1. The second kappa shape index (κ2) is 5.60. The van der Waals surface area contributed by atoms with Crippen LogP contribution in [0.2, 0.25) is 5.15 Å². The van der Waals surface area contributed by atoms with Crippen LogP contribution < -0.4 is 17.0 Å². The number of rotatable bonds is 1. The summed E-state index contributed by atoms with van der Waals surface area (Å²) in [4.78, 5) is 0. The van der Waals surface area contributed by atoms with Crippen LogP contribution in [0.1, 0.15) is 5.56 Å². The van der Waals surface area contributed by atoms with Gasteiger partial charge in [0.05, 0.1) is 0 Å². The van der Waals surface area contributed by atoms with Gasteiger partial charge in [-0.1, -0.05) is 30.3 Å². The summed E-state index contributed by atoms with van der Waals surface area (Å²) < 4.78 is 2.07. The minimum Gasteiger partial charge on any atom is -1.00 e. The summed E-state index contributed by atoms with van der Waals surface area (Å²) in [5.74, 6) is 0. The van der Waals surface area contributed by atoms with Crippen LogP contribution in [-0.2, 0) is 0 Å². The standard InChI is InChI=1S/C16H13ClN.ClH/c1-12-11-16(17)18(13-7-3-2-4-8-13)15-10-6-5-9-14(12)15;/h2-11H,1H3;1H/q+1;/p-1. The van der Waals surface area contributed by atoms with E-state index in [2.05, 4.69) is 41.8 Å². The van der Waals surface area contributed by atoms with Crippen LogP contribution in [0.5, 0.6) is 0 Å². The van der Waals surface area contributed by atoms with Gasteiger partial charge in [0, 0.05) is 29.7 Å². The lowest BCUT2D eigenvalue weighted by molar-refractivity contribution is -0.564. The van der Waals surface area contributed by atoms with Crippen molar-refractivity contribution >= 4 is 22.5 Å². The third-order valence-electron chi connectivity index (χ3n) is 3.13. The van der Waals surface area contributed by atoms with Crippen molar-refractivity contribution in [2.75, 3.05) is 0 Å². The third-order valence-corrected chi connectivity index (χ3v) is 3.41. The number of hydrogen-bond acceptors (Lipinski definition) is 0. The van der Waals surface area contributed by atoms with Crippen molar-refractivity contribution in [3.63, 3.8) is 0 Å². The molecule has 1 aromatic heterocycles. The summed E-state index contributed by atoms with van der Waals surface area (Å²) in [6.07, 6.45) is 0. The first kappa shape index (κ1) is 13.9. The predicted octanol–water partition coefficient (Wildman–Crippen LogP) is 1.08. The quantitative estimate of drug-likeness (QED) is 0.466. The monoisotopic (exact) mass is 289 g/mol. The first-order valence-electron chi connectivity index (χ1n) is 5.93. The van der Waals surface area contributed by atoms with Gasteiger partial charge in [0.2, 0.25) is 11.2 Å². The van der Waals surface area contributed by atoms with Crippen molar-refractivity contribution in [3.05, 3.63) is 71.4 Å². The minimum absolute atomic E-state index is 0. The summed E-state index contributed by atoms with van der Waals surface area (Å²) >= 11 is 6.41. The molecule has 0 aliphatic rings. The molecule has 0 bridgehead atoms.